The number of carbonyl (C=O) groups excluding carboxylic acids is 15. The molecule has 0 aliphatic carbocycles. The van der Waals surface area contributed by atoms with E-state index in [0.29, 0.717) is 37.4 Å². The molecule has 2 aliphatic heterocycles. The van der Waals surface area contributed by atoms with Crippen molar-refractivity contribution in [1.82, 2.24) is 35.7 Å². The minimum absolute atomic E-state index is 0. The third-order valence-corrected chi connectivity index (χ3v) is 13.9. The summed E-state index contributed by atoms with van der Waals surface area (Å²) in [6, 6.07) is 22.4. The van der Waals surface area contributed by atoms with E-state index >= 15 is 0 Å². The summed E-state index contributed by atoms with van der Waals surface area (Å²) in [7, 11) is 0. The van der Waals surface area contributed by atoms with Crippen LogP contribution in [0.1, 0.15) is 115 Å². The molecule has 0 saturated heterocycles. The fraction of sp³-hybridized carbons (Fsp3) is 0.450. The van der Waals surface area contributed by atoms with E-state index in [-0.39, 0.29) is 102 Å². The monoisotopic (exact) mass is 1570 g/mol. The van der Waals surface area contributed by atoms with Crippen LogP contribution in [0.5, 0.6) is 11.5 Å². The SMILES string of the molecule is CC(=O)SCC(=O)NCC(=O)NCC(=O)NCC(=O)NCCCCCCOc1ccc(C(=O)c2ccc3n2CCC3)cc1.O=C(C[S-])[N-]CC(=O)[N-]CC(=O)[N-]CC(=O)NCCCCCCOc1ccc(C(=O)c2ccc3n2CCC3)cc1.O=C=O.O=C=O.[Na+].[O]=[99Tc+4].[O]=[Tc](=[O])(=[O])[O-]. The number of nitrogens with one attached hydrogen (secondary N) is 5. The van der Waals surface area contributed by atoms with Crippen molar-refractivity contribution in [1.29, 1.82) is 0 Å². The number of amides is 8. The van der Waals surface area contributed by atoms with Crippen LogP contribution < -0.4 is 69.5 Å². The van der Waals surface area contributed by atoms with Crippen molar-refractivity contribution in [2.45, 2.75) is 97.1 Å². The van der Waals surface area contributed by atoms with Gasteiger partial charge in [-0.3, -0.25) is 38.4 Å². The Morgan fingerprint density at radius 1 is 0.526 bits per heavy atom. The van der Waals surface area contributed by atoms with Gasteiger partial charge in [0.05, 0.1) is 50.0 Å². The molecule has 0 atom stereocenters. The summed E-state index contributed by atoms with van der Waals surface area (Å²) in [5.74, 6) is -3.11. The topological polar surface area (TPSA) is 478 Å². The Balaban J connectivity index is 0.00000160. The van der Waals surface area contributed by atoms with Crippen molar-refractivity contribution in [3.05, 3.63) is 123 Å². The number of aryl methyl sites for hydroxylation is 2. The van der Waals surface area contributed by atoms with Crippen molar-refractivity contribution >= 4 is 101 Å². The average Bonchev–Trinajstić information content (AvgIpc) is 1.67. The van der Waals surface area contributed by atoms with E-state index in [9.17, 15) is 52.7 Å². The molecule has 8 amide bonds. The summed E-state index contributed by atoms with van der Waals surface area (Å²) >= 11 is 0.285. The molecule has 4 aromatic rings. The molecule has 32 nitrogen and oxygen atoms in total. The fourth-order valence-corrected chi connectivity index (χ4v) is 9.06. The van der Waals surface area contributed by atoms with Crippen LogP contribution in [0.2, 0.25) is 0 Å². The van der Waals surface area contributed by atoms with Crippen molar-refractivity contribution in [3.63, 3.8) is 0 Å². The number of unbranched alkanes of at least 4 members (excludes halogenated alkanes) is 6. The molecule has 0 bridgehead atoms. The molecular formula is C60H72N10NaO22S2Tc2. The van der Waals surface area contributed by atoms with Gasteiger partial charge in [-0.15, -0.1) is 5.75 Å². The summed E-state index contributed by atoms with van der Waals surface area (Å²) in [6.07, 6.45) is 11.6. The van der Waals surface area contributed by atoms with E-state index in [0.717, 1.165) is 144 Å². The molecule has 0 unspecified atom stereocenters. The number of aromatic nitrogens is 2. The molecule has 0 spiro atoms. The second-order valence-corrected chi connectivity index (χ2v) is 23.1. The number of hydrogen-bond donors (Lipinski definition) is 5. The van der Waals surface area contributed by atoms with Crippen LogP contribution in [0.25, 0.3) is 16.0 Å². The van der Waals surface area contributed by atoms with Gasteiger partial charge in [0.2, 0.25) is 41.1 Å². The molecule has 521 valence electrons. The number of ether oxygens (including phenoxy) is 2. The molecule has 0 saturated carbocycles. The second-order valence-electron chi connectivity index (χ2n) is 19.8. The van der Waals surface area contributed by atoms with Crippen molar-refractivity contribution in [2.24, 2.45) is 0 Å². The number of thioether (sulfide) groups is 1. The summed E-state index contributed by atoms with van der Waals surface area (Å²) in [5, 5.41) is 22.7. The first kappa shape index (κ1) is 89.3. The summed E-state index contributed by atoms with van der Waals surface area (Å²) < 4.78 is 58.5. The standard InChI is InChI=1S/C30H39N5O7S.C28H37N5O6S.2CO2.Na.5O.2Tc/c1-21(36)43-20-29(40)34-19-28(39)33-18-27(38)32-17-26(37)31-14-4-2-3-5-16-42-24-11-8-22(9-12-24)30(41)25-13-10-23-7-6-15-35(23)25;34-24(16-30-25(35)17-31-26(36)18-32-27(37)19-40)29-13-3-1-2-4-15-39-22-10-7-20(8-11-22)28(38)23-12-9-21-6-5-14-33(21)23;2*2-1-3;;;;;;;;/h8-13H,2-7,14-20H2,1H3,(H,31,37)(H,32,38)(H,33,39)(H,34,40);7-12H,1-6,13-19H2,(H5,29,30,31,32,34,35,36,37,40);;;;;;;;;;/q;;;;+1;;;;;-1;+4;/p-4/i;;;;;;;;;;1+1;. The Kier molecular flexibility index (Phi) is 49.1. The number of carbonyl (C=O) groups is 11. The van der Waals surface area contributed by atoms with Crippen LogP contribution in [0.15, 0.2) is 72.8 Å². The first-order valence-electron chi connectivity index (χ1n) is 29.3. The Hall–Kier alpha value is -7.71. The van der Waals surface area contributed by atoms with Crippen LogP contribution in [0.4, 0.5) is 0 Å². The third kappa shape index (κ3) is 41.9. The first-order valence-corrected chi connectivity index (χ1v) is 34.6. The number of rotatable bonds is 35. The van der Waals surface area contributed by atoms with Crippen molar-refractivity contribution < 1.29 is 163 Å². The molecule has 4 heterocycles. The van der Waals surface area contributed by atoms with Gasteiger partial charge in [-0.2, -0.15) is 19.2 Å². The molecule has 97 heavy (non-hydrogen) atoms. The number of fused-ring (bicyclic) bond motifs is 2. The van der Waals surface area contributed by atoms with Gasteiger partial charge in [-0.05, 0) is 131 Å². The van der Waals surface area contributed by atoms with Gasteiger partial charge in [0, 0.05) is 73.3 Å². The molecule has 0 fully saturated rings. The van der Waals surface area contributed by atoms with Crippen LogP contribution in [-0.4, -0.2) is 162 Å². The molecule has 2 aromatic carbocycles. The third-order valence-electron chi connectivity index (χ3n) is 12.8. The Morgan fingerprint density at radius 2 is 0.876 bits per heavy atom. The minimum atomic E-state index is -5.94. The van der Waals surface area contributed by atoms with E-state index in [1.807, 2.05) is 48.5 Å². The normalized spacial score (nSPS) is 10.9. The first-order chi connectivity index (χ1) is 45.9. The number of ketones is 2. The van der Waals surface area contributed by atoms with Crippen LogP contribution in [0, 0.1) is 0 Å². The molecule has 2 aromatic heterocycles. The van der Waals surface area contributed by atoms with Gasteiger partial charge >= 0.3 is 94.1 Å². The number of nitrogens with zero attached hydrogens (tertiary/aromatic N) is 5. The average molecular weight is 1570 g/mol. The molecule has 0 radical (unpaired) electrons. The maximum absolute atomic E-state index is 12.9. The van der Waals surface area contributed by atoms with Gasteiger partial charge in [-0.1, -0.05) is 50.5 Å². The van der Waals surface area contributed by atoms with Crippen LogP contribution >= 0.6 is 11.8 Å². The van der Waals surface area contributed by atoms with E-state index in [1.54, 1.807) is 24.3 Å². The Labute approximate surface area is 603 Å². The predicted molar refractivity (Wildman–Crippen MR) is 326 cm³/mol. The molecule has 5 N–H and O–H groups in total. The molecule has 37 heteroatoms. The maximum atomic E-state index is 12.9. The van der Waals surface area contributed by atoms with Gasteiger partial charge in [0.1, 0.15) is 11.5 Å². The summed E-state index contributed by atoms with van der Waals surface area (Å²) in [6.45, 7) is 3.04. The van der Waals surface area contributed by atoms with E-state index in [2.05, 4.69) is 64.3 Å². The van der Waals surface area contributed by atoms with Gasteiger partial charge in [-0.25, -0.2) is 0 Å². The zero-order valence-electron chi connectivity index (χ0n) is 53.1. The second kappa shape index (κ2) is 53.4. The zero-order valence-corrected chi connectivity index (χ0v) is 60.5. The fourth-order valence-electron chi connectivity index (χ4n) is 8.53. The summed E-state index contributed by atoms with van der Waals surface area (Å²) in [4.78, 5) is 162. The number of benzene rings is 2. The molecule has 6 rings (SSSR count). The van der Waals surface area contributed by atoms with Crippen molar-refractivity contribution in [2.75, 3.05) is 77.1 Å². The number of hydrogen-bond acceptors (Lipinski definition) is 24. The van der Waals surface area contributed by atoms with Crippen LogP contribution in [-0.2, 0) is 149 Å². The van der Waals surface area contributed by atoms with E-state index < -0.39 is 70.0 Å². The van der Waals surface area contributed by atoms with Gasteiger partial charge in [0.15, 0.2) is 5.12 Å². The van der Waals surface area contributed by atoms with E-state index in [1.165, 1.54) is 18.3 Å². The molecular weight excluding hydrogens is 1500 g/mol. The van der Waals surface area contributed by atoms with E-state index in [4.69, 9.17) is 46.5 Å². The Morgan fingerprint density at radius 3 is 1.27 bits per heavy atom. The van der Waals surface area contributed by atoms with Crippen LogP contribution in [0.3, 0.4) is 0 Å². The molecule has 2 aliphatic rings. The Bertz CT molecular complexity index is 3420. The van der Waals surface area contributed by atoms with Gasteiger partial charge in [0.25, 0.3) is 0 Å². The van der Waals surface area contributed by atoms with Crippen molar-refractivity contribution in [3.8, 4) is 11.5 Å². The zero-order chi connectivity index (χ0) is 71.7. The summed E-state index contributed by atoms with van der Waals surface area (Å²) in [5.41, 5.74) is 5.22. The van der Waals surface area contributed by atoms with Gasteiger partial charge < -0.3 is 88.2 Å². The quantitative estimate of drug-likeness (QED) is 0.0151. The predicted octanol–water partition coefficient (Wildman–Crippen LogP) is -1.51.